The van der Waals surface area contributed by atoms with Gasteiger partial charge in [-0.1, -0.05) is 91.0 Å². The van der Waals surface area contributed by atoms with Crippen LogP contribution in [-0.2, 0) is 5.60 Å². The highest BCUT2D eigenvalue weighted by Crippen LogP contribution is 2.51. The van der Waals surface area contributed by atoms with Gasteiger partial charge >= 0.3 is 0 Å². The van der Waals surface area contributed by atoms with E-state index in [1.165, 1.54) is 31.2 Å². The van der Waals surface area contributed by atoms with E-state index in [1.54, 1.807) is 0 Å². The maximum absolute atomic E-state index is 12.6. The molecule has 30 heavy (non-hydrogen) atoms. The molecular formula is C28H31NO. The second-order valence-corrected chi connectivity index (χ2v) is 9.05. The lowest BCUT2D eigenvalue weighted by Crippen LogP contribution is -2.64. The molecule has 6 rings (SSSR count). The first kappa shape index (κ1) is 19.5. The van der Waals surface area contributed by atoms with Crippen LogP contribution in [0.1, 0.15) is 55.3 Å². The van der Waals surface area contributed by atoms with Crippen molar-refractivity contribution < 1.29 is 5.11 Å². The summed E-state index contributed by atoms with van der Waals surface area (Å²) in [6.45, 7) is 2.32. The topological polar surface area (TPSA) is 23.5 Å². The molecule has 3 aromatic rings. The van der Waals surface area contributed by atoms with E-state index in [0.717, 1.165) is 11.1 Å². The quantitative estimate of drug-likeness (QED) is 0.577. The van der Waals surface area contributed by atoms with Gasteiger partial charge in [0.25, 0.3) is 0 Å². The van der Waals surface area contributed by atoms with Gasteiger partial charge in [-0.15, -0.1) is 0 Å². The van der Waals surface area contributed by atoms with Crippen molar-refractivity contribution in [2.45, 2.75) is 56.3 Å². The van der Waals surface area contributed by atoms with E-state index in [-0.39, 0.29) is 12.1 Å². The minimum Gasteiger partial charge on any atom is -0.379 e. The van der Waals surface area contributed by atoms with Crippen molar-refractivity contribution in [3.8, 4) is 0 Å². The van der Waals surface area contributed by atoms with Gasteiger partial charge in [-0.25, -0.2) is 0 Å². The van der Waals surface area contributed by atoms with Gasteiger partial charge in [0.05, 0.1) is 6.04 Å². The molecule has 2 nitrogen and oxygen atoms in total. The molecule has 2 atom stereocenters. The summed E-state index contributed by atoms with van der Waals surface area (Å²) in [4.78, 5) is 2.66. The molecular weight excluding hydrogens is 366 g/mol. The molecule has 2 saturated heterocycles. The predicted molar refractivity (Wildman–Crippen MR) is 122 cm³/mol. The Morgan fingerprint density at radius 1 is 0.733 bits per heavy atom. The summed E-state index contributed by atoms with van der Waals surface area (Å²) in [6, 6.07) is 32.3. The lowest BCUT2D eigenvalue weighted by atomic mass is 9.64. The summed E-state index contributed by atoms with van der Waals surface area (Å²) in [5, 5.41) is 12.6. The Labute approximate surface area is 180 Å². The van der Waals surface area contributed by atoms with E-state index in [1.807, 2.05) is 12.1 Å². The number of benzene rings is 3. The van der Waals surface area contributed by atoms with Crippen LogP contribution in [0.15, 0.2) is 91.0 Å². The fourth-order valence-corrected chi connectivity index (χ4v) is 6.10. The second-order valence-electron chi connectivity index (χ2n) is 9.05. The molecule has 154 valence electrons. The molecule has 0 aromatic heterocycles. The fraction of sp³-hybridized carbons (Fsp3) is 0.357. The van der Waals surface area contributed by atoms with Crippen molar-refractivity contribution in [1.82, 2.24) is 4.90 Å². The average Bonchev–Trinajstić information content (AvgIpc) is 2.85. The van der Waals surface area contributed by atoms with Crippen molar-refractivity contribution in [3.05, 3.63) is 108 Å². The summed E-state index contributed by atoms with van der Waals surface area (Å²) in [6.07, 6.45) is 4.88. The fourth-order valence-electron chi connectivity index (χ4n) is 6.10. The summed E-state index contributed by atoms with van der Waals surface area (Å²) in [7, 11) is 0. The van der Waals surface area contributed by atoms with Crippen molar-refractivity contribution in [1.29, 1.82) is 0 Å². The Balaban J connectivity index is 1.66. The minimum absolute atomic E-state index is 0.0602. The molecule has 0 radical (unpaired) electrons. The number of nitrogens with zero attached hydrogens (tertiary/aromatic N) is 1. The van der Waals surface area contributed by atoms with Crippen molar-refractivity contribution >= 4 is 0 Å². The maximum Gasteiger partial charge on any atom is 0.130 e. The normalized spacial score (nSPS) is 25.2. The summed E-state index contributed by atoms with van der Waals surface area (Å²) in [5.74, 6) is 0.492. The van der Waals surface area contributed by atoms with Crippen LogP contribution in [0, 0.1) is 5.92 Å². The molecule has 0 amide bonds. The Morgan fingerprint density at radius 2 is 1.20 bits per heavy atom. The molecule has 1 saturated carbocycles. The maximum atomic E-state index is 12.6. The molecule has 0 unspecified atom stereocenters. The first-order chi connectivity index (χ1) is 14.7. The zero-order valence-corrected chi connectivity index (χ0v) is 17.7. The molecule has 3 fully saturated rings. The van der Waals surface area contributed by atoms with E-state index < -0.39 is 5.60 Å². The standard InChI is InChI=1S/C28H31NO/c1-21(22-11-5-2-6-12-22)29-26-19-17-23(18-20-26)27(29)28(30,24-13-7-3-8-14-24)25-15-9-4-10-16-25/h2-16,21,23,26-27,30H,17-20H2,1H3/t21-,23?,26?,27-/m0/s1. The van der Waals surface area contributed by atoms with E-state index in [9.17, 15) is 5.11 Å². The first-order valence-corrected chi connectivity index (χ1v) is 11.4. The lowest BCUT2D eigenvalue weighted by molar-refractivity contribution is -0.130. The third-order valence-corrected chi connectivity index (χ3v) is 7.52. The average molecular weight is 398 g/mol. The molecule has 1 aliphatic carbocycles. The molecule has 2 heterocycles. The van der Waals surface area contributed by atoms with Gasteiger partial charge < -0.3 is 5.11 Å². The third-order valence-electron chi connectivity index (χ3n) is 7.52. The SMILES string of the molecule is C[C@@H](c1ccccc1)N1C2CCC(CC2)[C@H]1C(O)(c1ccccc1)c1ccccc1. The molecule has 3 aliphatic rings. The van der Waals surface area contributed by atoms with Crippen molar-refractivity contribution in [3.63, 3.8) is 0 Å². The zero-order valence-electron chi connectivity index (χ0n) is 17.7. The number of aliphatic hydroxyl groups is 1. The number of hydrogen-bond donors (Lipinski definition) is 1. The van der Waals surface area contributed by atoms with Crippen molar-refractivity contribution in [2.24, 2.45) is 5.92 Å². The Morgan fingerprint density at radius 3 is 1.70 bits per heavy atom. The van der Waals surface area contributed by atoms with Crippen LogP contribution < -0.4 is 0 Å². The van der Waals surface area contributed by atoms with E-state index in [2.05, 4.69) is 90.7 Å². The highest BCUT2D eigenvalue weighted by molar-refractivity contribution is 5.39. The van der Waals surface area contributed by atoms with Gasteiger partial charge in [-0.2, -0.15) is 0 Å². The number of rotatable bonds is 5. The molecule has 1 N–H and O–H groups in total. The molecule has 2 aliphatic heterocycles. The van der Waals surface area contributed by atoms with E-state index in [0.29, 0.717) is 12.0 Å². The van der Waals surface area contributed by atoms with Crippen LogP contribution in [0.5, 0.6) is 0 Å². The molecule has 2 bridgehead atoms. The van der Waals surface area contributed by atoms with E-state index >= 15 is 0 Å². The van der Waals surface area contributed by atoms with Gasteiger partial charge in [0.1, 0.15) is 5.60 Å². The van der Waals surface area contributed by atoms with Crippen molar-refractivity contribution in [2.75, 3.05) is 0 Å². The Kier molecular flexibility index (Phi) is 5.22. The summed E-state index contributed by atoms with van der Waals surface area (Å²) < 4.78 is 0. The van der Waals surface area contributed by atoms with Gasteiger partial charge in [-0.05, 0) is 55.2 Å². The van der Waals surface area contributed by atoms with Gasteiger partial charge in [0, 0.05) is 12.1 Å². The van der Waals surface area contributed by atoms with Crippen LogP contribution in [0.4, 0.5) is 0 Å². The number of fused-ring (bicyclic) bond motifs is 3. The lowest BCUT2D eigenvalue weighted by Gasteiger charge is -2.59. The van der Waals surface area contributed by atoms with Gasteiger partial charge in [0.15, 0.2) is 0 Å². The zero-order chi connectivity index (χ0) is 20.6. The largest absolute Gasteiger partial charge is 0.379 e. The number of hydrogen-bond acceptors (Lipinski definition) is 2. The Hall–Kier alpha value is -2.42. The molecule has 3 aromatic carbocycles. The number of piperidine rings is 2. The monoisotopic (exact) mass is 397 g/mol. The summed E-state index contributed by atoms with van der Waals surface area (Å²) >= 11 is 0. The molecule has 2 heteroatoms. The van der Waals surface area contributed by atoms with Gasteiger partial charge in [0.2, 0.25) is 0 Å². The first-order valence-electron chi connectivity index (χ1n) is 11.4. The highest BCUT2D eigenvalue weighted by atomic mass is 16.3. The van der Waals surface area contributed by atoms with Gasteiger partial charge in [-0.3, -0.25) is 4.90 Å². The summed E-state index contributed by atoms with van der Waals surface area (Å²) in [5.41, 5.74) is 2.30. The van der Waals surface area contributed by atoms with Crippen LogP contribution in [0.3, 0.4) is 0 Å². The van der Waals surface area contributed by atoms with E-state index in [4.69, 9.17) is 0 Å². The van der Waals surface area contributed by atoms with Crippen LogP contribution in [0.25, 0.3) is 0 Å². The van der Waals surface area contributed by atoms with Crippen LogP contribution in [0.2, 0.25) is 0 Å². The van der Waals surface area contributed by atoms with Crippen LogP contribution in [-0.4, -0.2) is 22.1 Å². The second kappa shape index (κ2) is 8.02. The van der Waals surface area contributed by atoms with Crippen LogP contribution >= 0.6 is 0 Å². The Bertz CT molecular complexity index is 908. The molecule has 0 spiro atoms. The smallest absolute Gasteiger partial charge is 0.130 e. The predicted octanol–water partition coefficient (Wildman–Crippen LogP) is 5.93. The highest BCUT2D eigenvalue weighted by Gasteiger charge is 2.54. The third kappa shape index (κ3) is 3.19. The minimum atomic E-state index is -1.03.